The number of hydrogen-bond acceptors (Lipinski definition) is 2. The van der Waals surface area contributed by atoms with Crippen LogP contribution in [0.3, 0.4) is 0 Å². The standard InChI is InChI=1S/C15H22O3/c1-4-6-7-10(3)14-11(5-2)13(16)9-8-12(14)15(17)18/h8-10,16H,4-7H2,1-3H3,(H,17,18). The Labute approximate surface area is 108 Å². The van der Waals surface area contributed by atoms with Gasteiger partial charge in [-0.2, -0.15) is 0 Å². The van der Waals surface area contributed by atoms with Crippen molar-refractivity contribution >= 4 is 5.97 Å². The van der Waals surface area contributed by atoms with Gasteiger partial charge in [0, 0.05) is 0 Å². The topological polar surface area (TPSA) is 57.5 Å². The first-order chi connectivity index (χ1) is 8.52. The summed E-state index contributed by atoms with van der Waals surface area (Å²) in [6.07, 6.45) is 3.76. The van der Waals surface area contributed by atoms with Gasteiger partial charge in [0.05, 0.1) is 5.56 Å². The van der Waals surface area contributed by atoms with Crippen molar-refractivity contribution in [1.29, 1.82) is 0 Å². The van der Waals surface area contributed by atoms with E-state index in [2.05, 4.69) is 6.92 Å². The van der Waals surface area contributed by atoms with Crippen LogP contribution in [0.1, 0.15) is 67.4 Å². The molecule has 0 saturated heterocycles. The predicted molar refractivity (Wildman–Crippen MR) is 72.4 cm³/mol. The molecule has 100 valence electrons. The van der Waals surface area contributed by atoms with Gasteiger partial charge >= 0.3 is 5.97 Å². The lowest BCUT2D eigenvalue weighted by molar-refractivity contribution is 0.0695. The summed E-state index contributed by atoms with van der Waals surface area (Å²) in [5.41, 5.74) is 1.91. The first-order valence-electron chi connectivity index (χ1n) is 6.60. The summed E-state index contributed by atoms with van der Waals surface area (Å²) >= 11 is 0. The predicted octanol–water partition coefficient (Wildman–Crippen LogP) is 3.95. The number of carbonyl (C=O) groups is 1. The van der Waals surface area contributed by atoms with Gasteiger partial charge in [-0.15, -0.1) is 0 Å². The van der Waals surface area contributed by atoms with Crippen LogP contribution in [0.5, 0.6) is 5.75 Å². The van der Waals surface area contributed by atoms with Crippen LogP contribution in [0.15, 0.2) is 12.1 Å². The quantitative estimate of drug-likeness (QED) is 0.803. The Balaban J connectivity index is 3.26. The van der Waals surface area contributed by atoms with Gasteiger partial charge in [-0.1, -0.05) is 33.6 Å². The lowest BCUT2D eigenvalue weighted by Crippen LogP contribution is -2.09. The van der Waals surface area contributed by atoms with Crippen molar-refractivity contribution in [3.63, 3.8) is 0 Å². The van der Waals surface area contributed by atoms with Crippen molar-refractivity contribution < 1.29 is 15.0 Å². The van der Waals surface area contributed by atoms with Gasteiger partial charge in [-0.25, -0.2) is 4.79 Å². The number of aromatic hydroxyl groups is 1. The fourth-order valence-electron chi connectivity index (χ4n) is 2.43. The van der Waals surface area contributed by atoms with Gasteiger partial charge < -0.3 is 10.2 Å². The number of aromatic carboxylic acids is 1. The molecule has 0 spiro atoms. The Hall–Kier alpha value is -1.51. The number of phenolic OH excluding ortho intramolecular Hbond substituents is 1. The summed E-state index contributed by atoms with van der Waals surface area (Å²) in [6.45, 7) is 6.10. The third-order valence-electron chi connectivity index (χ3n) is 3.40. The maximum absolute atomic E-state index is 11.3. The molecule has 0 radical (unpaired) electrons. The summed E-state index contributed by atoms with van der Waals surface area (Å²) in [7, 11) is 0. The Bertz CT molecular complexity index is 424. The molecule has 3 nitrogen and oxygen atoms in total. The van der Waals surface area contributed by atoms with Crippen LogP contribution in [0, 0.1) is 0 Å². The second kappa shape index (κ2) is 6.43. The summed E-state index contributed by atoms with van der Waals surface area (Å²) < 4.78 is 0. The lowest BCUT2D eigenvalue weighted by atomic mass is 9.86. The van der Waals surface area contributed by atoms with E-state index in [0.717, 1.165) is 30.4 Å². The molecule has 1 atom stereocenters. The molecule has 3 heteroatoms. The molecule has 0 heterocycles. The minimum Gasteiger partial charge on any atom is -0.508 e. The minimum atomic E-state index is -0.914. The number of hydrogen-bond donors (Lipinski definition) is 2. The highest BCUT2D eigenvalue weighted by molar-refractivity contribution is 5.90. The smallest absolute Gasteiger partial charge is 0.335 e. The van der Waals surface area contributed by atoms with Crippen molar-refractivity contribution in [2.45, 2.75) is 52.4 Å². The molecule has 0 aliphatic rings. The van der Waals surface area contributed by atoms with E-state index in [9.17, 15) is 15.0 Å². The molecule has 0 aliphatic carbocycles. The number of rotatable bonds is 6. The average Bonchev–Trinajstić information content (AvgIpc) is 2.34. The van der Waals surface area contributed by atoms with Crippen LogP contribution in [-0.4, -0.2) is 16.2 Å². The minimum absolute atomic E-state index is 0.165. The molecule has 2 N–H and O–H groups in total. The van der Waals surface area contributed by atoms with Gasteiger partial charge in [-0.3, -0.25) is 0 Å². The van der Waals surface area contributed by atoms with E-state index in [0.29, 0.717) is 12.0 Å². The Morgan fingerprint density at radius 3 is 2.50 bits per heavy atom. The highest BCUT2D eigenvalue weighted by Crippen LogP contribution is 2.33. The first-order valence-corrected chi connectivity index (χ1v) is 6.60. The van der Waals surface area contributed by atoms with Crippen molar-refractivity contribution in [1.82, 2.24) is 0 Å². The SMILES string of the molecule is CCCCC(C)c1c(C(=O)O)ccc(O)c1CC. The molecular formula is C15H22O3. The van der Waals surface area contributed by atoms with E-state index < -0.39 is 5.97 Å². The average molecular weight is 250 g/mol. The summed E-state index contributed by atoms with van der Waals surface area (Å²) in [4.78, 5) is 11.3. The summed E-state index contributed by atoms with van der Waals surface area (Å²) in [6, 6.07) is 2.99. The maximum atomic E-state index is 11.3. The van der Waals surface area contributed by atoms with Crippen molar-refractivity contribution in [3.8, 4) is 5.75 Å². The zero-order valence-electron chi connectivity index (χ0n) is 11.4. The molecule has 1 aromatic carbocycles. The van der Waals surface area contributed by atoms with E-state index in [-0.39, 0.29) is 11.7 Å². The van der Waals surface area contributed by atoms with E-state index in [1.54, 1.807) is 0 Å². The second-order valence-electron chi connectivity index (χ2n) is 4.73. The molecule has 0 bridgehead atoms. The van der Waals surface area contributed by atoms with Crippen molar-refractivity contribution in [3.05, 3.63) is 28.8 Å². The number of benzene rings is 1. The van der Waals surface area contributed by atoms with Gasteiger partial charge in [0.1, 0.15) is 5.75 Å². The van der Waals surface area contributed by atoms with Gasteiger partial charge in [0.15, 0.2) is 0 Å². The third kappa shape index (κ3) is 3.03. The van der Waals surface area contributed by atoms with Crippen LogP contribution in [0.25, 0.3) is 0 Å². The third-order valence-corrected chi connectivity index (χ3v) is 3.40. The zero-order valence-corrected chi connectivity index (χ0v) is 11.4. The van der Waals surface area contributed by atoms with Gasteiger partial charge in [-0.05, 0) is 42.0 Å². The van der Waals surface area contributed by atoms with Crippen LogP contribution in [0.2, 0.25) is 0 Å². The van der Waals surface area contributed by atoms with Crippen LogP contribution < -0.4 is 0 Å². The second-order valence-corrected chi connectivity index (χ2v) is 4.73. The number of unbranched alkanes of at least 4 members (excludes halogenated alkanes) is 1. The number of carboxylic acid groups (broad SMARTS) is 1. The molecule has 0 aliphatic heterocycles. The van der Waals surface area contributed by atoms with Gasteiger partial charge in [0.2, 0.25) is 0 Å². The number of phenols is 1. The maximum Gasteiger partial charge on any atom is 0.335 e. The first kappa shape index (κ1) is 14.6. The summed E-state index contributed by atoms with van der Waals surface area (Å²) in [5.74, 6) is -0.540. The van der Waals surface area contributed by atoms with Crippen molar-refractivity contribution in [2.24, 2.45) is 0 Å². The van der Waals surface area contributed by atoms with E-state index >= 15 is 0 Å². The Morgan fingerprint density at radius 1 is 1.33 bits per heavy atom. The molecule has 0 amide bonds. The molecule has 1 aromatic rings. The zero-order chi connectivity index (χ0) is 13.7. The highest BCUT2D eigenvalue weighted by Gasteiger charge is 2.20. The van der Waals surface area contributed by atoms with Crippen molar-refractivity contribution in [2.75, 3.05) is 0 Å². The molecule has 0 fully saturated rings. The highest BCUT2D eigenvalue weighted by atomic mass is 16.4. The number of carboxylic acids is 1. The lowest BCUT2D eigenvalue weighted by Gasteiger charge is -2.19. The molecule has 18 heavy (non-hydrogen) atoms. The summed E-state index contributed by atoms with van der Waals surface area (Å²) in [5, 5.41) is 19.1. The fraction of sp³-hybridized carbons (Fsp3) is 0.533. The van der Waals surface area contributed by atoms with Crippen LogP contribution in [0.4, 0.5) is 0 Å². The Morgan fingerprint density at radius 2 is 2.00 bits per heavy atom. The molecule has 0 saturated carbocycles. The van der Waals surface area contributed by atoms with Crippen LogP contribution in [-0.2, 0) is 6.42 Å². The fourth-order valence-corrected chi connectivity index (χ4v) is 2.43. The largest absolute Gasteiger partial charge is 0.508 e. The molecule has 0 aromatic heterocycles. The van der Waals surface area contributed by atoms with E-state index in [1.807, 2.05) is 13.8 Å². The monoisotopic (exact) mass is 250 g/mol. The normalized spacial score (nSPS) is 12.4. The van der Waals surface area contributed by atoms with Gasteiger partial charge in [0.25, 0.3) is 0 Å². The molecule has 1 rings (SSSR count). The van der Waals surface area contributed by atoms with E-state index in [4.69, 9.17) is 0 Å². The van der Waals surface area contributed by atoms with E-state index in [1.165, 1.54) is 12.1 Å². The molecule has 1 unspecified atom stereocenters. The Kier molecular flexibility index (Phi) is 5.20. The van der Waals surface area contributed by atoms with Crippen LogP contribution >= 0.6 is 0 Å². The molecular weight excluding hydrogens is 228 g/mol.